The number of alkyl halides is 1. The Morgan fingerprint density at radius 2 is 2.00 bits per heavy atom. The Labute approximate surface area is 117 Å². The molecule has 16 heavy (non-hydrogen) atoms. The van der Waals surface area contributed by atoms with Crippen LogP contribution in [0, 0.1) is 6.92 Å². The summed E-state index contributed by atoms with van der Waals surface area (Å²) in [6.07, 6.45) is 0. The smallest absolute Gasteiger partial charge is 0.0928 e. The van der Waals surface area contributed by atoms with Crippen molar-refractivity contribution in [2.75, 3.05) is 0 Å². The van der Waals surface area contributed by atoms with E-state index < -0.39 is 0 Å². The number of benzene rings is 1. The molecule has 0 bridgehead atoms. The van der Waals surface area contributed by atoms with E-state index in [1.807, 2.05) is 31.2 Å². The molecular weight excluding hydrogens is 327 g/mol. The van der Waals surface area contributed by atoms with Crippen molar-refractivity contribution in [1.82, 2.24) is 0 Å². The number of hydrogen-bond acceptors (Lipinski definition) is 1. The first-order chi connectivity index (χ1) is 7.56. The third-order valence-electron chi connectivity index (χ3n) is 2.20. The van der Waals surface area contributed by atoms with E-state index in [2.05, 4.69) is 22.0 Å². The number of rotatable bonds is 2. The molecule has 0 spiro atoms. The topological polar surface area (TPSA) is 0 Å². The first-order valence-corrected chi connectivity index (χ1v) is 7.15. The molecule has 0 amide bonds. The highest BCUT2D eigenvalue weighted by atomic mass is 79.9. The van der Waals surface area contributed by atoms with Gasteiger partial charge in [0.2, 0.25) is 0 Å². The van der Waals surface area contributed by atoms with Crippen molar-refractivity contribution in [1.29, 1.82) is 0 Å². The third kappa shape index (κ3) is 2.80. The van der Waals surface area contributed by atoms with Crippen LogP contribution >= 0.6 is 50.5 Å². The zero-order chi connectivity index (χ0) is 11.7. The van der Waals surface area contributed by atoms with Crippen molar-refractivity contribution in [3.05, 3.63) is 55.1 Å². The van der Waals surface area contributed by atoms with Crippen LogP contribution in [-0.4, -0.2) is 0 Å². The maximum atomic E-state index is 6.42. The highest BCUT2D eigenvalue weighted by Gasteiger charge is 2.13. The number of hydrogen-bond donors (Lipinski definition) is 0. The van der Waals surface area contributed by atoms with Crippen molar-refractivity contribution >= 4 is 50.5 Å². The zero-order valence-corrected chi connectivity index (χ0v) is 12.4. The van der Waals surface area contributed by atoms with Gasteiger partial charge in [-0.15, -0.1) is 22.9 Å². The summed E-state index contributed by atoms with van der Waals surface area (Å²) < 4.78 is 1.09. The van der Waals surface area contributed by atoms with Crippen LogP contribution < -0.4 is 0 Å². The molecule has 84 valence electrons. The van der Waals surface area contributed by atoms with E-state index in [9.17, 15) is 0 Å². The lowest BCUT2D eigenvalue weighted by Gasteiger charge is -2.09. The predicted molar refractivity (Wildman–Crippen MR) is 75.9 cm³/mol. The van der Waals surface area contributed by atoms with Crippen molar-refractivity contribution in [3.8, 4) is 0 Å². The summed E-state index contributed by atoms with van der Waals surface area (Å²) in [7, 11) is 0. The van der Waals surface area contributed by atoms with Gasteiger partial charge in [-0.25, -0.2) is 0 Å². The monoisotopic (exact) mass is 334 g/mol. The highest BCUT2D eigenvalue weighted by molar-refractivity contribution is 9.11. The second-order valence-electron chi connectivity index (χ2n) is 3.57. The average Bonchev–Trinajstić information content (AvgIpc) is 2.62. The van der Waals surface area contributed by atoms with E-state index in [4.69, 9.17) is 23.2 Å². The van der Waals surface area contributed by atoms with Crippen LogP contribution in [-0.2, 0) is 0 Å². The Morgan fingerprint density at radius 3 is 2.56 bits per heavy atom. The molecule has 1 heterocycles. The zero-order valence-electron chi connectivity index (χ0n) is 8.51. The van der Waals surface area contributed by atoms with Crippen molar-refractivity contribution in [2.45, 2.75) is 12.3 Å². The second-order valence-corrected chi connectivity index (χ2v) is 6.93. The Bertz CT molecular complexity index is 487. The standard InChI is InChI=1S/C12H9BrCl2S/c1-7-4-8(6-9(14)5-7)12(15)10-2-3-11(13)16-10/h2-6,12H,1H3. The number of halogens is 3. The molecule has 1 aromatic heterocycles. The van der Waals surface area contributed by atoms with Gasteiger partial charge in [0.1, 0.15) is 0 Å². The summed E-state index contributed by atoms with van der Waals surface area (Å²) in [4.78, 5) is 1.12. The van der Waals surface area contributed by atoms with Gasteiger partial charge < -0.3 is 0 Å². The van der Waals surface area contributed by atoms with Gasteiger partial charge in [-0.05, 0) is 58.2 Å². The normalized spacial score (nSPS) is 12.8. The molecule has 2 rings (SSSR count). The minimum atomic E-state index is -0.131. The van der Waals surface area contributed by atoms with Crippen molar-refractivity contribution in [2.24, 2.45) is 0 Å². The fraction of sp³-hybridized carbons (Fsp3) is 0.167. The number of thiophene rings is 1. The van der Waals surface area contributed by atoms with E-state index in [1.165, 1.54) is 0 Å². The average molecular weight is 336 g/mol. The molecule has 4 heteroatoms. The summed E-state index contributed by atoms with van der Waals surface area (Å²) >= 11 is 17.5. The molecule has 0 N–H and O–H groups in total. The van der Waals surface area contributed by atoms with E-state index in [-0.39, 0.29) is 5.38 Å². The van der Waals surface area contributed by atoms with E-state index >= 15 is 0 Å². The molecule has 1 unspecified atom stereocenters. The lowest BCUT2D eigenvalue weighted by atomic mass is 10.1. The minimum absolute atomic E-state index is 0.131. The van der Waals surface area contributed by atoms with Crippen LogP contribution in [0.1, 0.15) is 21.4 Å². The van der Waals surface area contributed by atoms with Gasteiger partial charge in [-0.1, -0.05) is 17.7 Å². The summed E-state index contributed by atoms with van der Waals surface area (Å²) in [5.41, 5.74) is 2.17. The molecule has 0 fully saturated rings. The van der Waals surface area contributed by atoms with Crippen molar-refractivity contribution in [3.63, 3.8) is 0 Å². The molecule has 0 saturated heterocycles. The Balaban J connectivity index is 2.37. The van der Waals surface area contributed by atoms with Crippen LogP contribution in [0.2, 0.25) is 5.02 Å². The van der Waals surface area contributed by atoms with Crippen LogP contribution in [0.5, 0.6) is 0 Å². The molecule has 0 aliphatic heterocycles. The largest absolute Gasteiger partial charge is 0.131 e. The maximum absolute atomic E-state index is 6.42. The summed E-state index contributed by atoms with van der Waals surface area (Å²) in [5.74, 6) is 0. The highest BCUT2D eigenvalue weighted by Crippen LogP contribution is 2.36. The predicted octanol–water partition coefficient (Wildman–Crippen LogP) is 5.80. The maximum Gasteiger partial charge on any atom is 0.0928 e. The molecule has 0 nitrogen and oxygen atoms in total. The van der Waals surface area contributed by atoms with E-state index in [0.29, 0.717) is 0 Å². The Morgan fingerprint density at radius 1 is 1.25 bits per heavy atom. The van der Waals surface area contributed by atoms with Crippen LogP contribution in [0.15, 0.2) is 34.1 Å². The Hall–Kier alpha value is -0.0200. The first kappa shape index (κ1) is 12.4. The van der Waals surface area contributed by atoms with Gasteiger partial charge in [0.05, 0.1) is 9.16 Å². The van der Waals surface area contributed by atoms with Gasteiger partial charge in [-0.2, -0.15) is 0 Å². The molecule has 2 aromatic rings. The molecule has 0 radical (unpaired) electrons. The lowest BCUT2D eigenvalue weighted by molar-refractivity contribution is 1.17. The molecular formula is C12H9BrCl2S. The lowest BCUT2D eigenvalue weighted by Crippen LogP contribution is -1.91. The van der Waals surface area contributed by atoms with Crippen LogP contribution in [0.3, 0.4) is 0 Å². The molecule has 1 atom stereocenters. The third-order valence-corrected chi connectivity index (χ3v) is 4.72. The molecule has 0 aliphatic rings. The molecule has 1 aromatic carbocycles. The SMILES string of the molecule is Cc1cc(Cl)cc(C(Cl)c2ccc(Br)s2)c1. The van der Waals surface area contributed by atoms with E-state index in [1.54, 1.807) is 11.3 Å². The van der Waals surface area contributed by atoms with Gasteiger partial charge in [0.25, 0.3) is 0 Å². The van der Waals surface area contributed by atoms with Gasteiger partial charge in [-0.3, -0.25) is 0 Å². The summed E-state index contributed by atoms with van der Waals surface area (Å²) in [6, 6.07) is 9.95. The van der Waals surface area contributed by atoms with Crippen molar-refractivity contribution < 1.29 is 0 Å². The Kier molecular flexibility index (Phi) is 3.96. The van der Waals surface area contributed by atoms with Crippen LogP contribution in [0.4, 0.5) is 0 Å². The molecule has 0 saturated carbocycles. The molecule has 0 aliphatic carbocycles. The summed E-state index contributed by atoms with van der Waals surface area (Å²) in [6.45, 7) is 2.02. The fourth-order valence-electron chi connectivity index (χ4n) is 1.54. The second kappa shape index (κ2) is 5.09. The van der Waals surface area contributed by atoms with E-state index in [0.717, 1.165) is 24.8 Å². The fourth-order valence-corrected chi connectivity index (χ4v) is 3.60. The quantitative estimate of drug-likeness (QED) is 0.608. The van der Waals surface area contributed by atoms with Gasteiger partial charge >= 0.3 is 0 Å². The van der Waals surface area contributed by atoms with Gasteiger partial charge in [0.15, 0.2) is 0 Å². The summed E-state index contributed by atoms with van der Waals surface area (Å²) in [5, 5.41) is 0.602. The van der Waals surface area contributed by atoms with Gasteiger partial charge in [0, 0.05) is 9.90 Å². The minimum Gasteiger partial charge on any atom is -0.131 e. The van der Waals surface area contributed by atoms with Crippen LogP contribution in [0.25, 0.3) is 0 Å². The first-order valence-electron chi connectivity index (χ1n) is 4.72. The number of aryl methyl sites for hydroxylation is 1.